The van der Waals surface area contributed by atoms with E-state index in [9.17, 15) is 0 Å². The van der Waals surface area contributed by atoms with Gasteiger partial charge in [-0.2, -0.15) is 0 Å². The predicted octanol–water partition coefficient (Wildman–Crippen LogP) is 4.24. The molecule has 1 aliphatic rings. The Bertz CT molecular complexity index is 623. The molecule has 0 amide bonds. The van der Waals surface area contributed by atoms with E-state index < -0.39 is 0 Å². The molecule has 0 spiro atoms. The van der Waals surface area contributed by atoms with Crippen molar-refractivity contribution >= 4 is 5.57 Å². The van der Waals surface area contributed by atoms with Crippen LogP contribution in [0, 0.1) is 6.92 Å². The van der Waals surface area contributed by atoms with Crippen molar-refractivity contribution in [2.24, 2.45) is 0 Å². The lowest BCUT2D eigenvalue weighted by Gasteiger charge is -2.20. The predicted molar refractivity (Wildman–Crippen MR) is 80.6 cm³/mol. The van der Waals surface area contributed by atoms with Gasteiger partial charge in [-0.15, -0.1) is 0 Å². The Morgan fingerprint density at radius 1 is 0.947 bits per heavy atom. The Hall–Kier alpha value is -2.28. The van der Waals surface area contributed by atoms with E-state index in [0.29, 0.717) is 0 Å². The van der Waals surface area contributed by atoms with Crippen molar-refractivity contribution in [3.8, 4) is 0 Å². The first kappa shape index (κ1) is 11.8. The topological polar surface area (TPSA) is 12.0 Å². The molecule has 1 N–H and O–H groups in total. The van der Waals surface area contributed by atoms with E-state index in [1.165, 1.54) is 22.3 Å². The minimum absolute atomic E-state index is 0.250. The standard InChI is InChI=1S/C18H17N/c1-14-6-5-9-17(12-14)18-13-16(10-11-19-18)15-7-3-2-4-8-15/h2-13,18-19H,1H3. The Labute approximate surface area is 114 Å². The molecule has 3 rings (SSSR count). The molecule has 0 saturated carbocycles. The Morgan fingerprint density at radius 3 is 2.58 bits per heavy atom. The summed E-state index contributed by atoms with van der Waals surface area (Å²) in [6.45, 7) is 2.13. The highest BCUT2D eigenvalue weighted by atomic mass is 14.9. The second-order valence-electron chi connectivity index (χ2n) is 4.88. The number of allylic oxidation sites excluding steroid dienone is 2. The summed E-state index contributed by atoms with van der Waals surface area (Å²) in [6, 6.07) is 19.4. The van der Waals surface area contributed by atoms with Crippen LogP contribution < -0.4 is 5.32 Å². The van der Waals surface area contributed by atoms with Gasteiger partial charge in [0.2, 0.25) is 0 Å². The zero-order valence-electron chi connectivity index (χ0n) is 11.0. The second-order valence-corrected chi connectivity index (χ2v) is 4.88. The third kappa shape index (κ3) is 2.60. The maximum Gasteiger partial charge on any atom is 0.0701 e. The number of hydrogen-bond donors (Lipinski definition) is 1. The first-order valence-electron chi connectivity index (χ1n) is 6.59. The van der Waals surface area contributed by atoms with Crippen LogP contribution >= 0.6 is 0 Å². The van der Waals surface area contributed by atoms with Gasteiger partial charge in [0.15, 0.2) is 0 Å². The summed E-state index contributed by atoms with van der Waals surface area (Å²) in [5.74, 6) is 0. The van der Waals surface area contributed by atoms with Crippen LogP contribution in [0.25, 0.3) is 5.57 Å². The summed E-state index contributed by atoms with van der Waals surface area (Å²) in [5, 5.41) is 3.41. The van der Waals surface area contributed by atoms with Crippen molar-refractivity contribution in [2.75, 3.05) is 0 Å². The molecule has 2 aromatic carbocycles. The summed E-state index contributed by atoms with van der Waals surface area (Å²) >= 11 is 0. The Balaban J connectivity index is 1.94. The molecule has 0 bridgehead atoms. The number of rotatable bonds is 2. The third-order valence-electron chi connectivity index (χ3n) is 3.39. The zero-order valence-corrected chi connectivity index (χ0v) is 11.0. The van der Waals surface area contributed by atoms with E-state index in [4.69, 9.17) is 0 Å². The monoisotopic (exact) mass is 247 g/mol. The highest BCUT2D eigenvalue weighted by molar-refractivity contribution is 5.75. The molecule has 0 aliphatic carbocycles. The molecule has 19 heavy (non-hydrogen) atoms. The highest BCUT2D eigenvalue weighted by Gasteiger charge is 2.11. The molecule has 94 valence electrons. The fourth-order valence-corrected chi connectivity index (χ4v) is 2.40. The summed E-state index contributed by atoms with van der Waals surface area (Å²) in [6.07, 6.45) is 6.45. The van der Waals surface area contributed by atoms with Gasteiger partial charge in [0.25, 0.3) is 0 Å². The van der Waals surface area contributed by atoms with E-state index >= 15 is 0 Å². The zero-order chi connectivity index (χ0) is 13.1. The molecule has 1 aliphatic heterocycles. The van der Waals surface area contributed by atoms with E-state index in [-0.39, 0.29) is 6.04 Å². The van der Waals surface area contributed by atoms with Crippen molar-refractivity contribution in [3.05, 3.63) is 89.6 Å². The summed E-state index contributed by atoms with van der Waals surface area (Å²) in [7, 11) is 0. The maximum absolute atomic E-state index is 3.41. The van der Waals surface area contributed by atoms with Crippen LogP contribution in [0.3, 0.4) is 0 Å². The summed E-state index contributed by atoms with van der Waals surface area (Å²) in [4.78, 5) is 0. The van der Waals surface area contributed by atoms with Crippen LogP contribution in [0.2, 0.25) is 0 Å². The average Bonchev–Trinajstić information content (AvgIpc) is 2.48. The molecule has 1 heteroatoms. The van der Waals surface area contributed by atoms with Crippen molar-refractivity contribution in [3.63, 3.8) is 0 Å². The van der Waals surface area contributed by atoms with Crippen LogP contribution in [0.4, 0.5) is 0 Å². The van der Waals surface area contributed by atoms with Gasteiger partial charge in [-0.05, 0) is 42.0 Å². The molecule has 1 nitrogen and oxygen atoms in total. The lowest BCUT2D eigenvalue weighted by atomic mass is 9.96. The minimum Gasteiger partial charge on any atom is -0.381 e. The lowest BCUT2D eigenvalue weighted by molar-refractivity contribution is 0.748. The van der Waals surface area contributed by atoms with Crippen LogP contribution in [0.1, 0.15) is 22.7 Å². The minimum atomic E-state index is 0.250. The second kappa shape index (κ2) is 5.15. The normalized spacial score (nSPS) is 17.7. The number of hydrogen-bond acceptors (Lipinski definition) is 1. The van der Waals surface area contributed by atoms with Crippen molar-refractivity contribution < 1.29 is 0 Å². The number of aryl methyl sites for hydroxylation is 1. The van der Waals surface area contributed by atoms with Crippen LogP contribution in [-0.4, -0.2) is 0 Å². The van der Waals surface area contributed by atoms with Crippen LogP contribution in [0.5, 0.6) is 0 Å². The van der Waals surface area contributed by atoms with Gasteiger partial charge in [0, 0.05) is 0 Å². The van der Waals surface area contributed by atoms with Gasteiger partial charge in [-0.1, -0.05) is 60.2 Å². The lowest BCUT2D eigenvalue weighted by Crippen LogP contribution is -2.16. The van der Waals surface area contributed by atoms with Gasteiger partial charge < -0.3 is 5.32 Å². The number of dihydropyridines is 1. The van der Waals surface area contributed by atoms with Crippen LogP contribution in [0.15, 0.2) is 72.9 Å². The van der Waals surface area contributed by atoms with Gasteiger partial charge >= 0.3 is 0 Å². The third-order valence-corrected chi connectivity index (χ3v) is 3.39. The molecule has 1 unspecified atom stereocenters. The number of benzene rings is 2. The van der Waals surface area contributed by atoms with E-state index in [1.54, 1.807) is 0 Å². The molecule has 0 radical (unpaired) electrons. The average molecular weight is 247 g/mol. The number of nitrogens with one attached hydrogen (secondary N) is 1. The molecule has 0 saturated heterocycles. The van der Waals surface area contributed by atoms with E-state index in [2.05, 4.69) is 72.9 Å². The van der Waals surface area contributed by atoms with Gasteiger partial charge in [0.1, 0.15) is 0 Å². The van der Waals surface area contributed by atoms with Gasteiger partial charge in [-0.3, -0.25) is 0 Å². The largest absolute Gasteiger partial charge is 0.381 e. The molecule has 1 atom stereocenters. The molecule has 2 aromatic rings. The first-order valence-corrected chi connectivity index (χ1v) is 6.59. The maximum atomic E-state index is 3.41. The van der Waals surface area contributed by atoms with Crippen molar-refractivity contribution in [2.45, 2.75) is 13.0 Å². The molecular formula is C18H17N. The van der Waals surface area contributed by atoms with Crippen molar-refractivity contribution in [1.29, 1.82) is 0 Å². The first-order chi connectivity index (χ1) is 9.33. The molecule has 0 aromatic heterocycles. The van der Waals surface area contributed by atoms with E-state index in [0.717, 1.165) is 0 Å². The fourth-order valence-electron chi connectivity index (χ4n) is 2.40. The smallest absolute Gasteiger partial charge is 0.0701 e. The van der Waals surface area contributed by atoms with Gasteiger partial charge in [0.05, 0.1) is 6.04 Å². The van der Waals surface area contributed by atoms with Crippen LogP contribution in [-0.2, 0) is 0 Å². The quantitative estimate of drug-likeness (QED) is 0.837. The Morgan fingerprint density at radius 2 is 1.79 bits per heavy atom. The molecule has 0 fully saturated rings. The van der Waals surface area contributed by atoms with Crippen molar-refractivity contribution in [1.82, 2.24) is 5.32 Å². The highest BCUT2D eigenvalue weighted by Crippen LogP contribution is 2.25. The summed E-state index contributed by atoms with van der Waals surface area (Å²) < 4.78 is 0. The summed E-state index contributed by atoms with van der Waals surface area (Å²) in [5.41, 5.74) is 5.13. The Kier molecular flexibility index (Phi) is 3.20. The molecular weight excluding hydrogens is 230 g/mol. The molecule has 1 heterocycles. The van der Waals surface area contributed by atoms with Gasteiger partial charge in [-0.25, -0.2) is 0 Å². The van der Waals surface area contributed by atoms with E-state index in [1.807, 2.05) is 12.3 Å². The fraction of sp³-hybridized carbons (Fsp3) is 0.111. The SMILES string of the molecule is Cc1cccc(C2C=C(c3ccccc3)C=CN2)c1.